The minimum atomic E-state index is -4.43. The Morgan fingerprint density at radius 2 is 1.59 bits per heavy atom. The number of benzene rings is 3. The van der Waals surface area contributed by atoms with Gasteiger partial charge < -0.3 is 14.8 Å². The summed E-state index contributed by atoms with van der Waals surface area (Å²) < 4.78 is 39.2. The first-order chi connectivity index (χ1) is 23.6. The van der Waals surface area contributed by atoms with Gasteiger partial charge >= 0.3 is 6.18 Å². The van der Waals surface area contributed by atoms with E-state index in [-0.39, 0.29) is 17.7 Å². The molecule has 0 radical (unpaired) electrons. The molecule has 0 spiro atoms. The van der Waals surface area contributed by atoms with E-state index in [0.29, 0.717) is 38.0 Å². The van der Waals surface area contributed by atoms with E-state index in [0.717, 1.165) is 45.5 Å². The Morgan fingerprint density at radius 3 is 2.24 bits per heavy atom. The number of likely N-dealkylation sites (tertiary alicyclic amines) is 1. The second-order valence-corrected chi connectivity index (χ2v) is 12.4. The number of fused-ring (bicyclic) bond motifs is 1. The lowest BCUT2D eigenvalue weighted by molar-refractivity contribution is -0.137. The minimum Gasteiger partial charge on any atom is -0.361 e. The molecule has 1 fully saturated rings. The quantitative estimate of drug-likeness (QED) is 0.152. The van der Waals surface area contributed by atoms with Crippen molar-refractivity contribution >= 4 is 40.0 Å². The van der Waals surface area contributed by atoms with Gasteiger partial charge in [-0.2, -0.15) is 13.2 Å². The minimum absolute atomic E-state index is 0.0624. The van der Waals surface area contributed by atoms with Crippen molar-refractivity contribution in [3.8, 4) is 0 Å². The van der Waals surface area contributed by atoms with Gasteiger partial charge in [-0.3, -0.25) is 19.5 Å². The zero-order valence-electron chi connectivity index (χ0n) is 27.4. The highest BCUT2D eigenvalue weighted by Crippen LogP contribution is 2.33. The normalized spacial score (nSPS) is 15.0. The zero-order valence-corrected chi connectivity index (χ0v) is 27.4. The third-order valence-electron chi connectivity index (χ3n) is 9.27. The zero-order chi connectivity index (χ0) is 34.5. The van der Waals surface area contributed by atoms with Crippen molar-refractivity contribution in [2.45, 2.75) is 44.6 Å². The number of H-pyrrole nitrogens is 1. The molecule has 2 aromatic heterocycles. The highest BCUT2D eigenvalue weighted by Gasteiger charge is 2.34. The number of aromatic nitrogens is 2. The molecule has 1 N–H and O–H groups in total. The van der Waals surface area contributed by atoms with Gasteiger partial charge in [0.25, 0.3) is 0 Å². The monoisotopic (exact) mass is 665 g/mol. The predicted octanol–water partition coefficient (Wildman–Crippen LogP) is 8.19. The molecule has 5 aromatic rings. The maximum Gasteiger partial charge on any atom is 0.416 e. The number of hydrogen-bond acceptors (Lipinski definition) is 5. The number of aromatic amines is 1. The van der Waals surface area contributed by atoms with Gasteiger partial charge in [-0.15, -0.1) is 0 Å². The van der Waals surface area contributed by atoms with Crippen LogP contribution in [0, 0.1) is 0 Å². The van der Waals surface area contributed by atoms with Gasteiger partial charge in [0.1, 0.15) is 0 Å². The maximum atomic E-state index is 13.8. The van der Waals surface area contributed by atoms with Gasteiger partial charge in [-0.25, -0.2) is 0 Å². The number of alkyl halides is 3. The van der Waals surface area contributed by atoms with Crippen LogP contribution in [-0.2, 0) is 22.3 Å². The van der Waals surface area contributed by atoms with Crippen molar-refractivity contribution in [1.82, 2.24) is 19.8 Å². The standard InChI is InChI=1S/C39H38F3N5O2/c1-27(48)38(35-25-44-36-6-4-3-5-34(35)36)46-23-19-33(20-24-46)47(37(49)16-11-28-7-12-30(13-8-28)39(40,41)42)26-29-9-14-31(15-10-29)45(2)32-17-21-43-22-18-32/h3-18,21-22,25,33,38,44H,19-20,23-24,26H2,1-2H3/b16-11+. The van der Waals surface area contributed by atoms with Crippen LogP contribution in [0.5, 0.6) is 0 Å². The Hall–Kier alpha value is -5.22. The number of amides is 1. The summed E-state index contributed by atoms with van der Waals surface area (Å²) in [5.74, 6) is -0.163. The lowest BCUT2D eigenvalue weighted by Gasteiger charge is -2.40. The second kappa shape index (κ2) is 14.5. The Kier molecular flexibility index (Phi) is 9.96. The van der Waals surface area contributed by atoms with Crippen LogP contribution in [0.15, 0.2) is 110 Å². The molecular weight excluding hydrogens is 627 g/mol. The maximum absolute atomic E-state index is 13.8. The first-order valence-electron chi connectivity index (χ1n) is 16.3. The molecule has 252 valence electrons. The molecule has 6 rings (SSSR count). The molecule has 49 heavy (non-hydrogen) atoms. The number of nitrogens with one attached hydrogen (secondary N) is 1. The fourth-order valence-corrected chi connectivity index (χ4v) is 6.62. The lowest BCUT2D eigenvalue weighted by atomic mass is 9.95. The predicted molar refractivity (Wildman–Crippen MR) is 186 cm³/mol. The first-order valence-corrected chi connectivity index (χ1v) is 16.3. The number of carbonyl (C=O) groups excluding carboxylic acids is 2. The van der Waals surface area contributed by atoms with Crippen LogP contribution in [0.3, 0.4) is 0 Å². The average Bonchev–Trinajstić information content (AvgIpc) is 3.53. The van der Waals surface area contributed by atoms with E-state index in [2.05, 4.69) is 19.8 Å². The van der Waals surface area contributed by atoms with Crippen molar-refractivity contribution < 1.29 is 22.8 Å². The topological polar surface area (TPSA) is 72.5 Å². The van der Waals surface area contributed by atoms with Gasteiger partial charge in [-0.1, -0.05) is 42.5 Å². The van der Waals surface area contributed by atoms with E-state index in [1.165, 1.54) is 18.2 Å². The van der Waals surface area contributed by atoms with Gasteiger partial charge in [0.05, 0.1) is 11.6 Å². The number of pyridine rings is 1. The summed E-state index contributed by atoms with van der Waals surface area (Å²) in [6.45, 7) is 3.22. The molecule has 0 aliphatic carbocycles. The van der Waals surface area contributed by atoms with Crippen molar-refractivity contribution in [2.75, 3.05) is 25.0 Å². The molecule has 1 amide bonds. The Morgan fingerprint density at radius 1 is 0.939 bits per heavy atom. The number of nitrogens with zero attached hydrogens (tertiary/aromatic N) is 4. The number of para-hydroxylation sites is 1. The highest BCUT2D eigenvalue weighted by atomic mass is 19.4. The van der Waals surface area contributed by atoms with E-state index in [9.17, 15) is 22.8 Å². The van der Waals surface area contributed by atoms with E-state index in [1.54, 1.807) is 25.4 Å². The van der Waals surface area contributed by atoms with E-state index in [1.807, 2.05) is 78.8 Å². The van der Waals surface area contributed by atoms with Crippen LogP contribution in [0.1, 0.15) is 48.1 Å². The van der Waals surface area contributed by atoms with E-state index < -0.39 is 17.8 Å². The number of rotatable bonds is 10. The van der Waals surface area contributed by atoms with Crippen LogP contribution in [0.25, 0.3) is 17.0 Å². The number of ketones is 1. The second-order valence-electron chi connectivity index (χ2n) is 12.4. The molecule has 1 atom stereocenters. The SMILES string of the molecule is CC(=O)C(c1c[nH]c2ccccc12)N1CCC(N(Cc2ccc(N(C)c3ccncc3)cc2)C(=O)/C=C/c2ccc(C(F)(F)F)cc2)CC1. The fraction of sp³-hybridized carbons (Fsp3) is 0.256. The molecule has 3 aromatic carbocycles. The van der Waals surface area contributed by atoms with Gasteiger partial charge in [0, 0.05) is 85.2 Å². The highest BCUT2D eigenvalue weighted by molar-refractivity contribution is 5.92. The van der Waals surface area contributed by atoms with Crippen LogP contribution in [0.4, 0.5) is 24.5 Å². The van der Waals surface area contributed by atoms with Crippen molar-refractivity contribution in [3.63, 3.8) is 0 Å². The molecule has 0 saturated carbocycles. The molecule has 1 unspecified atom stereocenters. The van der Waals surface area contributed by atoms with Crippen LogP contribution in [-0.4, -0.2) is 57.6 Å². The van der Waals surface area contributed by atoms with Gasteiger partial charge in [0.2, 0.25) is 5.91 Å². The number of anilines is 2. The van der Waals surface area contributed by atoms with Crippen molar-refractivity contribution in [1.29, 1.82) is 0 Å². The van der Waals surface area contributed by atoms with Crippen LogP contribution < -0.4 is 4.90 Å². The molecule has 1 aliphatic heterocycles. The van der Waals surface area contributed by atoms with Gasteiger partial charge in [0.15, 0.2) is 5.78 Å². The summed E-state index contributed by atoms with van der Waals surface area (Å²) in [6, 6.07) is 24.1. The van der Waals surface area contributed by atoms with Crippen LogP contribution in [0.2, 0.25) is 0 Å². The molecule has 7 nitrogen and oxygen atoms in total. The lowest BCUT2D eigenvalue weighted by Crippen LogP contribution is -2.48. The summed E-state index contributed by atoms with van der Waals surface area (Å²) >= 11 is 0. The smallest absolute Gasteiger partial charge is 0.361 e. The number of halogens is 3. The molecule has 10 heteroatoms. The Bertz CT molecular complexity index is 1910. The Balaban J connectivity index is 1.21. The van der Waals surface area contributed by atoms with Gasteiger partial charge in [-0.05, 0) is 79.4 Å². The molecule has 1 aliphatic rings. The average molecular weight is 666 g/mol. The summed E-state index contributed by atoms with van der Waals surface area (Å²) in [4.78, 5) is 40.3. The van der Waals surface area contributed by atoms with E-state index in [4.69, 9.17) is 0 Å². The van der Waals surface area contributed by atoms with Crippen molar-refractivity contribution in [2.24, 2.45) is 0 Å². The first kappa shape index (κ1) is 33.7. The van der Waals surface area contributed by atoms with Crippen molar-refractivity contribution in [3.05, 3.63) is 132 Å². The molecule has 0 bridgehead atoms. The van der Waals surface area contributed by atoms with Crippen LogP contribution >= 0.6 is 0 Å². The largest absolute Gasteiger partial charge is 0.416 e. The number of carbonyl (C=O) groups is 2. The summed E-state index contributed by atoms with van der Waals surface area (Å²) in [5, 5.41) is 1.02. The Labute approximate surface area is 283 Å². The molecular formula is C39H38F3N5O2. The summed E-state index contributed by atoms with van der Waals surface area (Å²) in [6.07, 6.45) is 5.29. The number of hydrogen-bond donors (Lipinski definition) is 1. The molecule has 1 saturated heterocycles. The third-order valence-corrected chi connectivity index (χ3v) is 9.27. The fourth-order valence-electron chi connectivity index (χ4n) is 6.62. The van der Waals surface area contributed by atoms with E-state index >= 15 is 0 Å². The number of piperidine rings is 1. The molecule has 3 heterocycles. The summed E-state index contributed by atoms with van der Waals surface area (Å²) in [5.41, 5.74) is 4.62. The number of Topliss-reactive ketones (excluding diaryl/α,β-unsaturated/α-hetero) is 1. The summed E-state index contributed by atoms with van der Waals surface area (Å²) in [7, 11) is 1.98. The third kappa shape index (κ3) is 7.76.